The van der Waals surface area contributed by atoms with Gasteiger partial charge in [0.05, 0.1) is 9.73 Å². The highest BCUT2D eigenvalue weighted by atomic mass is 32.1. The molecule has 0 atom stereocenters. The van der Waals surface area contributed by atoms with Crippen LogP contribution in [0.3, 0.4) is 0 Å². The maximum atomic E-state index is 5.55. The second kappa shape index (κ2) is 8.92. The molecule has 2 rings (SSSR count). The number of hydrogen-bond acceptors (Lipinski definition) is 2. The van der Waals surface area contributed by atoms with Crippen molar-refractivity contribution in [2.75, 3.05) is 0 Å². The van der Waals surface area contributed by atoms with Crippen LogP contribution >= 0.6 is 24.4 Å². The van der Waals surface area contributed by atoms with E-state index in [9.17, 15) is 0 Å². The topological polar surface area (TPSA) is 0 Å². The van der Waals surface area contributed by atoms with E-state index < -0.39 is 0 Å². The Morgan fingerprint density at radius 3 is 1.91 bits per heavy atom. The largest absolute Gasteiger partial charge is 0.0778 e. The second-order valence-corrected chi connectivity index (χ2v) is 6.35. The van der Waals surface area contributed by atoms with Gasteiger partial charge in [-0.1, -0.05) is 105 Å². The molecule has 0 bridgehead atoms. The Bertz CT molecular complexity index is 612. The summed E-state index contributed by atoms with van der Waals surface area (Å²) in [6.07, 6.45) is 6.34. The molecule has 0 unspecified atom stereocenters. The highest BCUT2D eigenvalue weighted by Gasteiger charge is 2.09. The van der Waals surface area contributed by atoms with Gasteiger partial charge in [0.1, 0.15) is 0 Å². The van der Waals surface area contributed by atoms with Crippen LogP contribution in [-0.2, 0) is 6.42 Å². The summed E-state index contributed by atoms with van der Waals surface area (Å²) in [4.78, 5) is 1.52. The van der Waals surface area contributed by atoms with Crippen LogP contribution in [0.4, 0.5) is 0 Å². The first kappa shape index (κ1) is 17.0. The highest BCUT2D eigenvalue weighted by molar-refractivity contribution is 7.90. The fourth-order valence-corrected chi connectivity index (χ4v) is 2.94. The maximum Gasteiger partial charge on any atom is 0.0636 e. The summed E-state index contributed by atoms with van der Waals surface area (Å²) in [6, 6.07) is 18.6. The molecule has 0 aliphatic heterocycles. The molecule has 0 aromatic heterocycles. The van der Waals surface area contributed by atoms with E-state index in [0.29, 0.717) is 0 Å². The predicted molar refractivity (Wildman–Crippen MR) is 104 cm³/mol. The molecular formula is C20H22S2. The normalized spacial score (nSPS) is 10.4. The summed E-state index contributed by atoms with van der Waals surface area (Å²) >= 11 is 11.1. The molecule has 0 aliphatic rings. The Kier molecular flexibility index (Phi) is 6.88. The summed E-state index contributed by atoms with van der Waals surface area (Å²) in [7, 11) is 0. The van der Waals surface area contributed by atoms with Gasteiger partial charge in [-0.25, -0.2) is 0 Å². The van der Waals surface area contributed by atoms with Gasteiger partial charge in [0.2, 0.25) is 0 Å². The molecule has 2 aromatic carbocycles. The third kappa shape index (κ3) is 4.82. The van der Waals surface area contributed by atoms with Gasteiger partial charge in [-0.15, -0.1) is 0 Å². The van der Waals surface area contributed by atoms with Gasteiger partial charge in [0.25, 0.3) is 0 Å². The highest BCUT2D eigenvalue weighted by Crippen LogP contribution is 2.13. The Morgan fingerprint density at radius 1 is 0.727 bits per heavy atom. The maximum absolute atomic E-state index is 5.55. The number of hydrogen-bond donors (Lipinski definition) is 0. The van der Waals surface area contributed by atoms with E-state index in [2.05, 4.69) is 31.2 Å². The van der Waals surface area contributed by atoms with Crippen LogP contribution < -0.4 is 0 Å². The standard InChI is InChI=1S/C20H22S2/c1-2-3-4-6-9-16-12-14-18(15-13-16)20(22)19(21)17-10-7-5-8-11-17/h5,7-8,10-15H,2-4,6,9H2,1H3. The van der Waals surface area contributed by atoms with Crippen molar-refractivity contribution < 1.29 is 0 Å². The van der Waals surface area contributed by atoms with E-state index >= 15 is 0 Å². The van der Waals surface area contributed by atoms with Crippen molar-refractivity contribution in [3.05, 3.63) is 71.3 Å². The van der Waals surface area contributed by atoms with Gasteiger partial charge in [-0.05, 0) is 29.5 Å². The van der Waals surface area contributed by atoms with Crippen molar-refractivity contribution in [2.24, 2.45) is 0 Å². The van der Waals surface area contributed by atoms with Gasteiger partial charge < -0.3 is 0 Å². The molecule has 0 N–H and O–H groups in total. The fourth-order valence-electron chi connectivity index (χ4n) is 2.43. The third-order valence-corrected chi connectivity index (χ3v) is 4.79. The average molecular weight is 327 g/mol. The summed E-state index contributed by atoms with van der Waals surface area (Å²) < 4.78 is 0. The first-order valence-corrected chi connectivity index (χ1v) is 8.77. The first-order valence-electron chi connectivity index (χ1n) is 7.95. The van der Waals surface area contributed by atoms with Crippen molar-refractivity contribution in [3.8, 4) is 0 Å². The van der Waals surface area contributed by atoms with Crippen molar-refractivity contribution in [2.45, 2.75) is 39.0 Å². The molecule has 0 fully saturated rings. The zero-order valence-electron chi connectivity index (χ0n) is 13.0. The second-order valence-electron chi connectivity index (χ2n) is 5.53. The van der Waals surface area contributed by atoms with E-state index in [1.807, 2.05) is 30.3 Å². The molecule has 2 heteroatoms. The molecule has 0 saturated heterocycles. The van der Waals surface area contributed by atoms with E-state index in [1.54, 1.807) is 0 Å². The third-order valence-electron chi connectivity index (χ3n) is 3.78. The van der Waals surface area contributed by atoms with Crippen LogP contribution in [-0.4, -0.2) is 9.73 Å². The van der Waals surface area contributed by atoms with Crippen LogP contribution in [0.25, 0.3) is 0 Å². The molecule has 0 aliphatic carbocycles. The number of thiocarbonyl (C=S) groups is 2. The molecule has 114 valence electrons. The van der Waals surface area contributed by atoms with E-state index in [0.717, 1.165) is 27.3 Å². The quantitative estimate of drug-likeness (QED) is 0.334. The van der Waals surface area contributed by atoms with E-state index in [4.69, 9.17) is 24.4 Å². The van der Waals surface area contributed by atoms with Crippen LogP contribution in [0.15, 0.2) is 54.6 Å². The minimum atomic E-state index is 0.756. The Labute approximate surface area is 144 Å². The zero-order chi connectivity index (χ0) is 15.8. The van der Waals surface area contributed by atoms with Crippen molar-refractivity contribution in [1.29, 1.82) is 0 Å². The summed E-state index contributed by atoms with van der Waals surface area (Å²) in [5.41, 5.74) is 3.44. The first-order chi connectivity index (χ1) is 10.7. The fraction of sp³-hybridized carbons (Fsp3) is 0.300. The minimum Gasteiger partial charge on any atom is -0.0778 e. The lowest BCUT2D eigenvalue weighted by Crippen LogP contribution is -2.11. The van der Waals surface area contributed by atoms with Crippen LogP contribution in [0.5, 0.6) is 0 Å². The number of aryl methyl sites for hydroxylation is 1. The molecule has 0 nitrogen and oxygen atoms in total. The minimum absolute atomic E-state index is 0.756. The Morgan fingerprint density at radius 2 is 1.32 bits per heavy atom. The van der Waals surface area contributed by atoms with Gasteiger partial charge in [-0.3, -0.25) is 0 Å². The van der Waals surface area contributed by atoms with E-state index in [1.165, 1.54) is 31.2 Å². The molecule has 0 saturated carbocycles. The summed E-state index contributed by atoms with van der Waals surface area (Å²) in [6.45, 7) is 2.24. The van der Waals surface area contributed by atoms with E-state index in [-0.39, 0.29) is 0 Å². The monoisotopic (exact) mass is 326 g/mol. The molecule has 0 radical (unpaired) electrons. The van der Waals surface area contributed by atoms with Gasteiger partial charge >= 0.3 is 0 Å². The molecule has 0 spiro atoms. The molecular weight excluding hydrogens is 304 g/mol. The Balaban J connectivity index is 1.98. The van der Waals surface area contributed by atoms with Gasteiger partial charge in [-0.2, -0.15) is 0 Å². The Hall–Kier alpha value is -1.38. The molecule has 22 heavy (non-hydrogen) atoms. The van der Waals surface area contributed by atoms with Gasteiger partial charge in [0, 0.05) is 0 Å². The lowest BCUT2D eigenvalue weighted by molar-refractivity contribution is 0.667. The smallest absolute Gasteiger partial charge is 0.0636 e. The predicted octanol–water partition coefficient (Wildman–Crippen LogP) is 5.95. The molecule has 0 heterocycles. The number of unbranched alkanes of at least 4 members (excludes halogenated alkanes) is 3. The summed E-state index contributed by atoms with van der Waals surface area (Å²) in [5, 5.41) is 0. The average Bonchev–Trinajstić information content (AvgIpc) is 2.59. The van der Waals surface area contributed by atoms with Crippen LogP contribution in [0, 0.1) is 0 Å². The van der Waals surface area contributed by atoms with Crippen molar-refractivity contribution >= 4 is 34.2 Å². The zero-order valence-corrected chi connectivity index (χ0v) is 14.7. The molecule has 2 aromatic rings. The van der Waals surface area contributed by atoms with Crippen molar-refractivity contribution in [3.63, 3.8) is 0 Å². The van der Waals surface area contributed by atoms with Crippen LogP contribution in [0.2, 0.25) is 0 Å². The van der Waals surface area contributed by atoms with Crippen molar-refractivity contribution in [1.82, 2.24) is 0 Å². The van der Waals surface area contributed by atoms with Gasteiger partial charge in [0.15, 0.2) is 0 Å². The lowest BCUT2D eigenvalue weighted by atomic mass is 10.0. The lowest BCUT2D eigenvalue weighted by Gasteiger charge is -2.08. The van der Waals surface area contributed by atoms with Crippen LogP contribution in [0.1, 0.15) is 49.3 Å². The number of benzene rings is 2. The SMILES string of the molecule is CCCCCCc1ccc(C(=S)C(=S)c2ccccc2)cc1. The summed E-state index contributed by atoms with van der Waals surface area (Å²) in [5.74, 6) is 0. The number of rotatable bonds is 8. The molecule has 0 amide bonds.